The van der Waals surface area contributed by atoms with Gasteiger partial charge in [0.1, 0.15) is 0 Å². The monoisotopic (exact) mass is 206 g/mol. The van der Waals surface area contributed by atoms with Gasteiger partial charge in [0.25, 0.3) is 0 Å². The Hall–Kier alpha value is -1.08. The highest BCUT2D eigenvalue weighted by atomic mass is 16.3. The van der Waals surface area contributed by atoms with Gasteiger partial charge in [-0.05, 0) is 38.2 Å². The highest BCUT2D eigenvalue weighted by molar-refractivity contribution is 5.14. The molecule has 0 atom stereocenters. The van der Waals surface area contributed by atoms with Crippen molar-refractivity contribution in [2.24, 2.45) is 0 Å². The molecule has 1 heteroatoms. The van der Waals surface area contributed by atoms with E-state index in [0.29, 0.717) is 5.57 Å². The lowest BCUT2D eigenvalue weighted by molar-refractivity contribution is 0.331. The maximum absolute atomic E-state index is 9.09. The predicted molar refractivity (Wildman–Crippen MR) is 64.8 cm³/mol. The van der Waals surface area contributed by atoms with Gasteiger partial charge in [-0.25, -0.2) is 0 Å². The molecule has 0 saturated heterocycles. The average molecular weight is 206 g/mol. The lowest BCUT2D eigenvalue weighted by Gasteiger charge is -2.00. The summed E-state index contributed by atoms with van der Waals surface area (Å²) < 4.78 is 14.2. The third-order valence-corrected chi connectivity index (χ3v) is 2.39. The van der Waals surface area contributed by atoms with Crippen LogP contribution >= 0.6 is 0 Å². The van der Waals surface area contributed by atoms with E-state index in [0.717, 1.165) is 25.7 Å². The van der Waals surface area contributed by atoms with Crippen LogP contribution in [0.1, 0.15) is 34.5 Å². The normalized spacial score (nSPS) is 14.7. The number of benzene rings is 1. The van der Waals surface area contributed by atoms with Crippen molar-refractivity contribution >= 4 is 0 Å². The number of rotatable bonds is 6. The van der Waals surface area contributed by atoms with Gasteiger partial charge in [-0.3, -0.25) is 0 Å². The van der Waals surface area contributed by atoms with Crippen LogP contribution in [0.5, 0.6) is 0 Å². The molecule has 15 heavy (non-hydrogen) atoms. The lowest BCUT2D eigenvalue weighted by atomic mass is 10.1. The molecule has 1 aromatic carbocycles. The number of hydrogen-bond acceptors (Lipinski definition) is 1. The molecular formula is C14H20O. The van der Waals surface area contributed by atoms with Crippen molar-refractivity contribution in [1.82, 2.24) is 0 Å². The fourth-order valence-corrected chi connectivity index (χ4v) is 1.48. The first-order chi connectivity index (χ1) is 8.00. The summed E-state index contributed by atoms with van der Waals surface area (Å²) in [5.41, 5.74) is 1.74. The molecule has 0 heterocycles. The lowest BCUT2D eigenvalue weighted by Crippen LogP contribution is -1.86. The minimum absolute atomic E-state index is 0.400. The Morgan fingerprint density at radius 2 is 2.07 bits per heavy atom. The average Bonchev–Trinajstić information content (AvgIpc) is 2.28. The molecule has 0 bridgehead atoms. The Morgan fingerprint density at radius 1 is 1.33 bits per heavy atom. The van der Waals surface area contributed by atoms with E-state index >= 15 is 0 Å². The third-order valence-electron chi connectivity index (χ3n) is 2.39. The smallest absolute Gasteiger partial charge is 0.0639 e. The number of aliphatic hydroxyl groups is 1. The van der Waals surface area contributed by atoms with Crippen LogP contribution < -0.4 is 0 Å². The van der Waals surface area contributed by atoms with Gasteiger partial charge in [0.15, 0.2) is 0 Å². The van der Waals surface area contributed by atoms with Gasteiger partial charge in [-0.1, -0.05) is 42.0 Å². The second kappa shape index (κ2) is 7.24. The molecule has 0 saturated carbocycles. The van der Waals surface area contributed by atoms with Crippen LogP contribution in [-0.4, -0.2) is 11.7 Å². The summed E-state index contributed by atoms with van der Waals surface area (Å²) in [5, 5.41) is 9.09. The molecule has 1 rings (SSSR count). The van der Waals surface area contributed by atoms with Gasteiger partial charge in [0.05, 0.1) is 9.30 Å². The number of hydrogen-bond donors (Lipinski definition) is 1. The second-order valence-electron chi connectivity index (χ2n) is 3.73. The van der Waals surface area contributed by atoms with Gasteiger partial charge in [-0.15, -0.1) is 0 Å². The van der Waals surface area contributed by atoms with Crippen molar-refractivity contribution in [3.63, 3.8) is 0 Å². The van der Waals surface area contributed by atoms with Crippen LogP contribution in [0.25, 0.3) is 0 Å². The summed E-state index contributed by atoms with van der Waals surface area (Å²) in [6.45, 7) is -0.545. The van der Waals surface area contributed by atoms with Crippen LogP contribution in [0, 0.1) is 0 Å². The minimum atomic E-state index is -2.17. The van der Waals surface area contributed by atoms with Gasteiger partial charge < -0.3 is 5.11 Å². The molecule has 1 N–H and O–H groups in total. The zero-order chi connectivity index (χ0) is 12.7. The predicted octanol–water partition coefficient (Wildman–Crippen LogP) is 3.34. The van der Waals surface area contributed by atoms with E-state index in [1.165, 1.54) is 5.56 Å². The number of aryl methyl sites for hydroxylation is 1. The maximum Gasteiger partial charge on any atom is 0.0639 e. The van der Waals surface area contributed by atoms with E-state index in [9.17, 15) is 0 Å². The van der Waals surface area contributed by atoms with Crippen molar-refractivity contribution < 1.29 is 7.85 Å². The van der Waals surface area contributed by atoms with Gasteiger partial charge in [0.2, 0.25) is 0 Å². The summed E-state index contributed by atoms with van der Waals surface area (Å²) in [5.74, 6) is 0. The van der Waals surface area contributed by atoms with E-state index in [2.05, 4.69) is 12.1 Å². The van der Waals surface area contributed by atoms with E-state index in [1.54, 1.807) is 13.0 Å². The van der Waals surface area contributed by atoms with Crippen LogP contribution in [0.2, 0.25) is 0 Å². The third kappa shape index (κ3) is 5.38. The molecule has 0 fully saturated rings. The van der Waals surface area contributed by atoms with Crippen molar-refractivity contribution in [3.05, 3.63) is 47.5 Å². The van der Waals surface area contributed by atoms with E-state index in [4.69, 9.17) is 7.85 Å². The molecule has 0 aliphatic rings. The zero-order valence-electron chi connectivity index (χ0n) is 11.2. The van der Waals surface area contributed by atoms with Crippen molar-refractivity contribution in [2.75, 3.05) is 6.56 Å². The van der Waals surface area contributed by atoms with Crippen molar-refractivity contribution in [1.29, 1.82) is 0 Å². The van der Waals surface area contributed by atoms with Crippen LogP contribution in [-0.2, 0) is 6.42 Å². The van der Waals surface area contributed by atoms with Gasteiger partial charge >= 0.3 is 0 Å². The molecule has 0 aliphatic heterocycles. The fourth-order valence-electron chi connectivity index (χ4n) is 1.48. The van der Waals surface area contributed by atoms with Crippen molar-refractivity contribution in [2.45, 2.75) is 32.6 Å². The first kappa shape index (κ1) is 9.17. The molecule has 0 radical (unpaired) electrons. The molecule has 1 aromatic rings. The summed E-state index contributed by atoms with van der Waals surface area (Å²) in [4.78, 5) is 0. The quantitative estimate of drug-likeness (QED) is 0.559. The second-order valence-corrected chi connectivity index (χ2v) is 3.73. The fraction of sp³-hybridized carbons (Fsp3) is 0.429. The Morgan fingerprint density at radius 3 is 2.73 bits per heavy atom. The summed E-state index contributed by atoms with van der Waals surface area (Å²) in [7, 11) is 0. The molecule has 1 nitrogen and oxygen atoms in total. The number of unbranched alkanes of at least 4 members (excludes halogenated alkanes) is 2. The van der Waals surface area contributed by atoms with Crippen LogP contribution in [0.4, 0.5) is 0 Å². The topological polar surface area (TPSA) is 20.2 Å². The molecular weight excluding hydrogens is 184 g/mol. The maximum atomic E-state index is 9.09. The summed E-state index contributed by atoms with van der Waals surface area (Å²) >= 11 is 0. The van der Waals surface area contributed by atoms with E-state index in [1.807, 2.05) is 18.2 Å². The first-order valence-electron chi connectivity index (χ1n) is 6.43. The van der Waals surface area contributed by atoms with Crippen LogP contribution in [0.3, 0.4) is 0 Å². The Balaban J connectivity index is 2.22. The highest BCUT2D eigenvalue weighted by Gasteiger charge is 1.91. The van der Waals surface area contributed by atoms with Gasteiger partial charge in [0, 0.05) is 0 Å². The molecule has 0 amide bonds. The molecule has 0 aromatic heterocycles. The van der Waals surface area contributed by atoms with Gasteiger partial charge in [-0.2, -0.15) is 0 Å². The molecule has 0 spiro atoms. The highest BCUT2D eigenvalue weighted by Crippen LogP contribution is 2.07. The standard InChI is InChI=1S/C14H20O/c1-13(12-15)8-4-2-5-9-14-10-6-3-7-11-14/h3,6-8,10-11,15H,2,4-5,9,12H2,1H3/b13-8+/i12D2. The first-order valence-corrected chi connectivity index (χ1v) is 5.43. The Labute approximate surface area is 95.3 Å². The Bertz CT molecular complexity index is 352. The molecule has 0 aliphatic carbocycles. The zero-order valence-corrected chi connectivity index (χ0v) is 9.24. The SMILES string of the molecule is [2H]C([2H])(O)/C(C)=C/CCCCc1ccccc1. The Kier molecular flexibility index (Phi) is 4.43. The molecule has 0 unspecified atom stereocenters. The largest absolute Gasteiger partial charge is 0.392 e. The summed E-state index contributed by atoms with van der Waals surface area (Å²) in [6, 6.07) is 10.3. The molecule has 82 valence electrons. The van der Waals surface area contributed by atoms with E-state index in [-0.39, 0.29) is 0 Å². The number of allylic oxidation sites excluding steroid dienone is 1. The summed E-state index contributed by atoms with van der Waals surface area (Å²) in [6.07, 6.45) is 5.76. The van der Waals surface area contributed by atoms with E-state index < -0.39 is 6.56 Å². The minimum Gasteiger partial charge on any atom is -0.392 e. The van der Waals surface area contributed by atoms with Crippen LogP contribution in [0.15, 0.2) is 42.0 Å². The van der Waals surface area contributed by atoms with Crippen molar-refractivity contribution in [3.8, 4) is 0 Å².